The number of hydrogen-bond donors (Lipinski definition) is 1. The predicted molar refractivity (Wildman–Crippen MR) is 223 cm³/mol. The van der Waals surface area contributed by atoms with Crippen LogP contribution >= 0.6 is 8.73 Å². The number of aromatic nitrogens is 3. The molecular weight excluding hydrogens is 652 g/mol. The minimum Gasteiger partial charge on any atom is -0.355 e. The second kappa shape index (κ2) is 14.0. The van der Waals surface area contributed by atoms with Crippen LogP contribution in [0.4, 0.5) is 17.1 Å². The molecule has 5 heteroatoms. The van der Waals surface area contributed by atoms with Crippen LogP contribution in [0.2, 0.25) is 0 Å². The van der Waals surface area contributed by atoms with Crippen LogP contribution in [0.5, 0.6) is 0 Å². The van der Waals surface area contributed by atoms with Crippen molar-refractivity contribution in [2.45, 2.75) is 0 Å². The van der Waals surface area contributed by atoms with Crippen molar-refractivity contribution in [1.29, 1.82) is 0 Å². The highest BCUT2D eigenvalue weighted by Crippen LogP contribution is 2.37. The molecular formula is C47H35N4P. The molecule has 0 saturated carbocycles. The highest BCUT2D eigenvalue weighted by molar-refractivity contribution is 7.45. The summed E-state index contributed by atoms with van der Waals surface area (Å²) in [5, 5.41) is 5.17. The van der Waals surface area contributed by atoms with Crippen LogP contribution in [0, 0.1) is 0 Å². The van der Waals surface area contributed by atoms with E-state index in [4.69, 9.17) is 4.98 Å². The van der Waals surface area contributed by atoms with Gasteiger partial charge in [-0.05, 0) is 72.8 Å². The van der Waals surface area contributed by atoms with Crippen LogP contribution in [0.3, 0.4) is 0 Å². The Bertz CT molecular complexity index is 2640. The topological polar surface area (TPSA) is 36.9 Å². The Morgan fingerprint density at radius 2 is 0.904 bits per heavy atom. The quantitative estimate of drug-likeness (QED) is 0.177. The summed E-state index contributed by atoms with van der Waals surface area (Å²) in [4.78, 5) is 10.8. The number of anilines is 3. The Kier molecular flexibility index (Phi) is 8.50. The third-order valence-electron chi connectivity index (χ3n) is 9.40. The van der Waals surface area contributed by atoms with E-state index in [1.54, 1.807) is 0 Å². The first kappa shape index (κ1) is 31.5. The molecule has 10 rings (SSSR count). The van der Waals surface area contributed by atoms with Crippen molar-refractivity contribution in [2.24, 2.45) is 0 Å². The Balaban J connectivity index is 0.000000231. The average Bonchev–Trinajstić information content (AvgIpc) is 3.75. The van der Waals surface area contributed by atoms with Crippen molar-refractivity contribution in [1.82, 2.24) is 14.3 Å². The van der Waals surface area contributed by atoms with Crippen molar-refractivity contribution in [3.63, 3.8) is 0 Å². The van der Waals surface area contributed by atoms with Gasteiger partial charge in [0.05, 0.1) is 22.2 Å². The number of para-hydroxylation sites is 6. The number of nitrogens with zero attached hydrogens (tertiary/aromatic N) is 3. The molecule has 0 bridgehead atoms. The van der Waals surface area contributed by atoms with Gasteiger partial charge < -0.3 is 14.2 Å². The zero-order valence-corrected chi connectivity index (χ0v) is 29.4. The minimum atomic E-state index is 0.393. The lowest BCUT2D eigenvalue weighted by atomic mass is 10.1. The Hall–Kier alpha value is -6.48. The van der Waals surface area contributed by atoms with Crippen molar-refractivity contribution in [2.75, 3.05) is 4.90 Å². The van der Waals surface area contributed by atoms with E-state index >= 15 is 0 Å². The molecule has 0 aliphatic heterocycles. The molecule has 7 aromatic carbocycles. The van der Waals surface area contributed by atoms with Crippen molar-refractivity contribution in [3.8, 4) is 11.3 Å². The second-order valence-electron chi connectivity index (χ2n) is 12.7. The van der Waals surface area contributed by atoms with E-state index in [1.165, 1.54) is 43.6 Å². The highest BCUT2D eigenvalue weighted by Gasteiger charge is 2.14. The fourth-order valence-corrected chi connectivity index (χ4v) is 8.22. The van der Waals surface area contributed by atoms with E-state index in [-0.39, 0.29) is 0 Å². The summed E-state index contributed by atoms with van der Waals surface area (Å²) in [6.45, 7) is 0. The zero-order chi connectivity index (χ0) is 34.7. The number of rotatable bonds is 6. The normalized spacial score (nSPS) is 11.4. The Morgan fingerprint density at radius 1 is 0.423 bits per heavy atom. The first-order valence-corrected chi connectivity index (χ1v) is 18.4. The van der Waals surface area contributed by atoms with Gasteiger partial charge in [-0.1, -0.05) is 127 Å². The minimum absolute atomic E-state index is 0.393. The summed E-state index contributed by atoms with van der Waals surface area (Å²) < 4.78 is 2.40. The summed E-state index contributed by atoms with van der Waals surface area (Å²) in [7, 11) is 0.393. The van der Waals surface area contributed by atoms with Crippen LogP contribution < -0.4 is 10.3 Å². The fourth-order valence-electron chi connectivity index (χ4n) is 7.02. The molecule has 0 fully saturated rings. The summed E-state index contributed by atoms with van der Waals surface area (Å²) in [6.07, 6.45) is 0. The maximum absolute atomic E-state index is 5.15. The number of hydrogen-bond acceptors (Lipinski definition) is 2. The van der Waals surface area contributed by atoms with Crippen molar-refractivity contribution in [3.05, 3.63) is 200 Å². The molecule has 3 aromatic heterocycles. The molecule has 248 valence electrons. The molecule has 0 radical (unpaired) electrons. The van der Waals surface area contributed by atoms with E-state index < -0.39 is 0 Å². The third kappa shape index (κ3) is 6.11. The monoisotopic (exact) mass is 686 g/mol. The third-order valence-corrected chi connectivity index (χ3v) is 10.6. The van der Waals surface area contributed by atoms with E-state index in [2.05, 4.69) is 214 Å². The summed E-state index contributed by atoms with van der Waals surface area (Å²) in [5.74, 6) is 0. The first-order valence-electron chi connectivity index (χ1n) is 17.5. The number of H-pyrrole nitrogens is 1. The lowest BCUT2D eigenvalue weighted by Gasteiger charge is -2.25. The van der Waals surface area contributed by atoms with Gasteiger partial charge in [0.1, 0.15) is 0 Å². The lowest BCUT2D eigenvalue weighted by Crippen LogP contribution is -2.10. The molecule has 1 N–H and O–H groups in total. The molecule has 10 aromatic rings. The highest BCUT2D eigenvalue weighted by atomic mass is 31.1. The van der Waals surface area contributed by atoms with Gasteiger partial charge in [0.2, 0.25) is 0 Å². The predicted octanol–water partition coefficient (Wildman–Crippen LogP) is 12.4. The molecule has 0 aliphatic carbocycles. The molecule has 0 amide bonds. The molecule has 0 spiro atoms. The molecule has 52 heavy (non-hydrogen) atoms. The molecule has 3 heterocycles. The van der Waals surface area contributed by atoms with Crippen LogP contribution in [0.15, 0.2) is 200 Å². The maximum Gasteiger partial charge on any atom is 0.0818 e. The number of aromatic amines is 1. The largest absolute Gasteiger partial charge is 0.355 e. The number of benzene rings is 7. The van der Waals surface area contributed by atoms with Gasteiger partial charge >= 0.3 is 0 Å². The van der Waals surface area contributed by atoms with Crippen LogP contribution in [0.1, 0.15) is 0 Å². The van der Waals surface area contributed by atoms with Gasteiger partial charge in [-0.2, -0.15) is 0 Å². The number of nitrogens with one attached hydrogen (secondary N) is 1. The molecule has 0 aliphatic rings. The van der Waals surface area contributed by atoms with E-state index in [1.807, 2.05) is 0 Å². The maximum atomic E-state index is 5.15. The lowest BCUT2D eigenvalue weighted by molar-refractivity contribution is 1.28. The fraction of sp³-hybridized carbons (Fsp3) is 0. The van der Waals surface area contributed by atoms with Crippen LogP contribution in [-0.4, -0.2) is 14.3 Å². The second-order valence-corrected chi connectivity index (χ2v) is 13.8. The van der Waals surface area contributed by atoms with Gasteiger partial charge in [0.25, 0.3) is 0 Å². The summed E-state index contributed by atoms with van der Waals surface area (Å²) in [6, 6.07) is 70.1. The number of fused-ring (bicyclic) bond motifs is 6. The smallest absolute Gasteiger partial charge is 0.0818 e. The Labute approximate surface area is 304 Å². The molecule has 4 nitrogen and oxygen atoms in total. The van der Waals surface area contributed by atoms with Crippen molar-refractivity contribution >= 4 is 74.8 Å². The van der Waals surface area contributed by atoms with E-state index in [9.17, 15) is 0 Å². The van der Waals surface area contributed by atoms with Crippen LogP contribution in [-0.2, 0) is 0 Å². The Morgan fingerprint density at radius 3 is 1.50 bits per heavy atom. The SMILES string of the molecule is c1ccc(N(c2ccccc2)c2cccc(-c3cccc(Pn4c5ccccc5c5ccccc54)n3)c2)cc1.c1ccc2c(c1)[nH]c1ccccc12. The zero-order valence-electron chi connectivity index (χ0n) is 28.4. The average molecular weight is 687 g/mol. The summed E-state index contributed by atoms with van der Waals surface area (Å²) >= 11 is 0. The van der Waals surface area contributed by atoms with E-state index in [0.717, 1.165) is 33.8 Å². The molecule has 1 unspecified atom stereocenters. The number of pyridine rings is 1. The molecule has 1 atom stereocenters. The van der Waals surface area contributed by atoms with E-state index in [0.29, 0.717) is 8.73 Å². The van der Waals surface area contributed by atoms with Gasteiger partial charge in [-0.3, -0.25) is 0 Å². The standard InChI is InChI=1S/C35H26N3P.C12H9N/c1-3-14-27(15-4-1)37(28-16-5-2-6-17-28)29-18-11-13-26(25-29)32-21-12-24-35(36-32)39-38-33-22-9-7-19-30(33)31-20-8-10-23-34(31)38;1-3-7-11-9(5-1)10-6-2-4-8-12(10)13-11/h1-25,39H;1-8,13H. The van der Waals surface area contributed by atoms with Gasteiger partial charge in [-0.25, -0.2) is 4.98 Å². The van der Waals surface area contributed by atoms with Gasteiger partial charge in [-0.15, -0.1) is 0 Å². The van der Waals surface area contributed by atoms with Gasteiger partial charge in [0, 0.05) is 63.9 Å². The first-order chi connectivity index (χ1) is 25.8. The summed E-state index contributed by atoms with van der Waals surface area (Å²) in [5.41, 5.74) is 11.4. The van der Waals surface area contributed by atoms with Gasteiger partial charge in [0.15, 0.2) is 0 Å². The molecule has 0 saturated heterocycles. The van der Waals surface area contributed by atoms with Crippen molar-refractivity contribution < 1.29 is 0 Å². The van der Waals surface area contributed by atoms with Crippen LogP contribution in [0.25, 0.3) is 54.9 Å².